The highest BCUT2D eigenvalue weighted by Gasteiger charge is 2.60. The first-order chi connectivity index (χ1) is 15.0. The molecule has 2 aromatic rings. The van der Waals surface area contributed by atoms with Crippen molar-refractivity contribution in [2.24, 2.45) is 23.6 Å². The summed E-state index contributed by atoms with van der Waals surface area (Å²) in [5, 5.41) is 16.3. The summed E-state index contributed by atoms with van der Waals surface area (Å²) in [7, 11) is 0. The minimum Gasteiger partial charge on any atom is -0.613 e. The van der Waals surface area contributed by atoms with Crippen molar-refractivity contribution in [3.05, 3.63) is 29.7 Å². The normalized spacial score (nSPS) is 37.4. The maximum atomic E-state index is 12.9. The average Bonchev–Trinajstić information content (AvgIpc) is 3.39. The van der Waals surface area contributed by atoms with Crippen LogP contribution in [0, 0.1) is 23.0 Å². The van der Waals surface area contributed by atoms with Gasteiger partial charge in [0.05, 0.1) is 6.54 Å². The first-order valence-electron chi connectivity index (χ1n) is 11.2. The Kier molecular flexibility index (Phi) is 4.38. The van der Waals surface area contributed by atoms with Gasteiger partial charge in [-0.2, -0.15) is 5.84 Å². The van der Waals surface area contributed by atoms with Crippen LogP contribution in [0.5, 0.6) is 5.88 Å². The SMILES string of the molecule is N[NH+]([O-])C12CC3CC(C1)C(OC(=O)N1CC[C@@H](Oc4ccc5nccn5n4)C1)C(C3)C2. The molecular formula is C21H28N6O4. The van der Waals surface area contributed by atoms with E-state index in [1.54, 1.807) is 27.9 Å². The number of rotatable bonds is 4. The van der Waals surface area contributed by atoms with Crippen molar-refractivity contribution in [1.29, 1.82) is 0 Å². The monoisotopic (exact) mass is 428 g/mol. The Labute approximate surface area is 179 Å². The Bertz CT molecular complexity index is 979. The van der Waals surface area contributed by atoms with E-state index in [1.165, 1.54) is 0 Å². The van der Waals surface area contributed by atoms with Crippen molar-refractivity contribution < 1.29 is 19.4 Å². The van der Waals surface area contributed by atoms with Gasteiger partial charge in [0.25, 0.3) is 0 Å². The van der Waals surface area contributed by atoms with E-state index in [4.69, 9.17) is 15.3 Å². The van der Waals surface area contributed by atoms with Crippen LogP contribution in [0.3, 0.4) is 0 Å². The Hall–Kier alpha value is -2.43. The standard InChI is InChI=1S/C21H28N6O4/c22-27(29)21-9-13-7-14(10-21)19(15(8-13)11-21)31-20(28)25-5-3-16(12-25)30-18-2-1-17-23-4-6-26(17)24-18/h1-2,4,6,13-16,19,27H,3,5,7-12,22H2/t13?,14?,15?,16-,19?,21?/m1/s1. The Morgan fingerprint density at radius 2 is 2.06 bits per heavy atom. The topological polar surface area (TPSA) is 122 Å². The van der Waals surface area contributed by atoms with Crippen LogP contribution in [0.1, 0.15) is 38.5 Å². The molecule has 4 bridgehead atoms. The number of hydrogen-bond acceptors (Lipinski definition) is 7. The molecule has 3 heterocycles. The minimum absolute atomic E-state index is 0.0955. The fourth-order valence-corrected chi connectivity index (χ4v) is 6.68. The van der Waals surface area contributed by atoms with Crippen LogP contribution in [0.4, 0.5) is 4.79 Å². The number of fused-ring (bicyclic) bond motifs is 1. The van der Waals surface area contributed by atoms with Gasteiger partial charge >= 0.3 is 6.09 Å². The summed E-state index contributed by atoms with van der Waals surface area (Å²) in [6.45, 7) is 1.09. The number of carbonyl (C=O) groups excluding carboxylic acids is 1. The van der Waals surface area contributed by atoms with Crippen LogP contribution in [0.2, 0.25) is 0 Å². The summed E-state index contributed by atoms with van der Waals surface area (Å²) in [5.41, 5.74) is 0.396. The number of nitrogens with one attached hydrogen (secondary N) is 1. The molecule has 1 saturated heterocycles. The predicted octanol–water partition coefficient (Wildman–Crippen LogP) is 0.523. The highest BCUT2D eigenvalue weighted by molar-refractivity contribution is 5.68. The number of amides is 1. The summed E-state index contributed by atoms with van der Waals surface area (Å²) < 4.78 is 13.7. The number of ether oxygens (including phenoxy) is 2. The van der Waals surface area contributed by atoms with Gasteiger partial charge in [-0.05, 0) is 24.8 Å². The summed E-state index contributed by atoms with van der Waals surface area (Å²) in [5.74, 6) is 7.33. The average molecular weight is 428 g/mol. The molecule has 10 heteroatoms. The van der Waals surface area contributed by atoms with Gasteiger partial charge in [-0.25, -0.2) is 14.3 Å². The van der Waals surface area contributed by atoms with E-state index in [1.807, 2.05) is 6.07 Å². The number of nitrogens with two attached hydrogens (primary N) is 1. The highest BCUT2D eigenvalue weighted by Crippen LogP contribution is 2.55. The number of hydroxylamine groups is 1. The fourth-order valence-electron chi connectivity index (χ4n) is 6.68. The van der Waals surface area contributed by atoms with E-state index in [-0.39, 0.29) is 40.8 Å². The van der Waals surface area contributed by atoms with Gasteiger partial charge in [-0.15, -0.1) is 5.10 Å². The molecule has 7 rings (SSSR count). The van der Waals surface area contributed by atoms with Gasteiger partial charge in [0.15, 0.2) is 5.65 Å². The largest absolute Gasteiger partial charge is 0.613 e. The van der Waals surface area contributed by atoms with Crippen LogP contribution in [-0.4, -0.2) is 56.4 Å². The van der Waals surface area contributed by atoms with Gasteiger partial charge in [0.1, 0.15) is 17.7 Å². The molecule has 4 saturated carbocycles. The van der Waals surface area contributed by atoms with Crippen molar-refractivity contribution in [3.8, 4) is 5.88 Å². The quantitative estimate of drug-likeness (QED) is 0.538. The van der Waals surface area contributed by atoms with Crippen LogP contribution in [0.25, 0.3) is 5.65 Å². The third kappa shape index (κ3) is 3.24. The zero-order valence-corrected chi connectivity index (χ0v) is 17.4. The predicted molar refractivity (Wildman–Crippen MR) is 109 cm³/mol. The summed E-state index contributed by atoms with van der Waals surface area (Å²) in [6.07, 6.45) is 8.25. The number of nitrogens with zero attached hydrogens (tertiary/aromatic N) is 4. The molecule has 10 nitrogen and oxygen atoms in total. The second-order valence-corrected chi connectivity index (χ2v) is 9.84. The summed E-state index contributed by atoms with van der Waals surface area (Å²) in [4.78, 5) is 18.8. The number of aromatic nitrogens is 3. The second-order valence-electron chi connectivity index (χ2n) is 9.84. The van der Waals surface area contributed by atoms with E-state index in [2.05, 4.69) is 10.1 Å². The first kappa shape index (κ1) is 19.3. The molecule has 5 aliphatic rings. The third-order valence-corrected chi connectivity index (χ3v) is 7.87. The minimum atomic E-state index is -0.366. The molecule has 1 amide bonds. The fraction of sp³-hybridized carbons (Fsp3) is 0.667. The lowest BCUT2D eigenvalue weighted by Gasteiger charge is -2.60. The van der Waals surface area contributed by atoms with Crippen molar-refractivity contribution in [2.75, 3.05) is 13.1 Å². The maximum absolute atomic E-state index is 12.9. The lowest BCUT2D eigenvalue weighted by molar-refractivity contribution is -0.924. The Morgan fingerprint density at radius 3 is 2.84 bits per heavy atom. The van der Waals surface area contributed by atoms with Crippen LogP contribution >= 0.6 is 0 Å². The van der Waals surface area contributed by atoms with Crippen molar-refractivity contribution in [3.63, 3.8) is 0 Å². The molecular weight excluding hydrogens is 400 g/mol. The van der Waals surface area contributed by atoms with Crippen LogP contribution in [0.15, 0.2) is 24.5 Å². The molecule has 0 radical (unpaired) electrons. The maximum Gasteiger partial charge on any atom is 0.410 e. The lowest BCUT2D eigenvalue weighted by Crippen LogP contribution is -3.22. The summed E-state index contributed by atoms with van der Waals surface area (Å²) >= 11 is 0. The van der Waals surface area contributed by atoms with Crippen molar-refractivity contribution in [1.82, 2.24) is 19.5 Å². The van der Waals surface area contributed by atoms with E-state index in [9.17, 15) is 10.0 Å². The zero-order chi connectivity index (χ0) is 21.2. The van der Waals surface area contributed by atoms with E-state index < -0.39 is 0 Å². The Balaban J connectivity index is 1.07. The third-order valence-electron chi connectivity index (χ3n) is 7.87. The van der Waals surface area contributed by atoms with E-state index in [0.29, 0.717) is 24.9 Å². The van der Waals surface area contributed by atoms with Gasteiger partial charge in [-0.1, -0.05) is 0 Å². The molecule has 3 unspecified atom stereocenters. The molecule has 2 aromatic heterocycles. The number of hydrogen-bond donors (Lipinski definition) is 2. The molecule has 0 spiro atoms. The smallest absolute Gasteiger partial charge is 0.410 e. The number of likely N-dealkylation sites (tertiary alicyclic amines) is 1. The van der Waals surface area contributed by atoms with E-state index >= 15 is 0 Å². The molecule has 1 aliphatic heterocycles. The van der Waals surface area contributed by atoms with Gasteiger partial charge in [0, 0.05) is 62.5 Å². The van der Waals surface area contributed by atoms with Gasteiger partial charge in [0.2, 0.25) is 5.88 Å². The number of quaternary nitrogens is 1. The molecule has 0 aromatic carbocycles. The lowest BCUT2D eigenvalue weighted by atomic mass is 9.52. The molecule has 4 atom stereocenters. The molecule has 3 N–H and O–H groups in total. The zero-order valence-electron chi connectivity index (χ0n) is 17.4. The van der Waals surface area contributed by atoms with Gasteiger partial charge < -0.3 is 19.6 Å². The first-order valence-corrected chi connectivity index (χ1v) is 11.2. The van der Waals surface area contributed by atoms with Crippen molar-refractivity contribution in [2.45, 2.75) is 56.3 Å². The molecule has 31 heavy (non-hydrogen) atoms. The number of carbonyl (C=O) groups is 1. The highest BCUT2D eigenvalue weighted by atomic mass is 16.6. The summed E-state index contributed by atoms with van der Waals surface area (Å²) in [6, 6.07) is 3.65. The van der Waals surface area contributed by atoms with Crippen LogP contribution < -0.4 is 15.8 Å². The molecule has 166 valence electrons. The molecule has 4 aliphatic carbocycles. The van der Waals surface area contributed by atoms with Crippen molar-refractivity contribution >= 4 is 11.7 Å². The Morgan fingerprint density at radius 1 is 1.26 bits per heavy atom. The second kappa shape index (κ2) is 7.04. The number of imidazole rings is 1. The molecule has 5 fully saturated rings. The van der Waals surface area contributed by atoms with Gasteiger partial charge in [-0.3, -0.25) is 5.17 Å². The van der Waals surface area contributed by atoms with E-state index in [0.717, 1.165) is 44.2 Å². The van der Waals surface area contributed by atoms with Crippen LogP contribution in [-0.2, 0) is 4.74 Å².